The molecule has 2 aromatic heterocycles. The van der Waals surface area contributed by atoms with Crippen molar-refractivity contribution in [1.82, 2.24) is 19.8 Å². The van der Waals surface area contributed by atoms with Crippen molar-refractivity contribution in [3.05, 3.63) is 87.8 Å². The number of aromatic nitrogens is 2. The number of fused-ring (bicyclic) bond motifs is 3. The van der Waals surface area contributed by atoms with Gasteiger partial charge < -0.3 is 15.0 Å². The van der Waals surface area contributed by atoms with Gasteiger partial charge in [0.05, 0.1) is 17.0 Å². The van der Waals surface area contributed by atoms with Crippen molar-refractivity contribution >= 4 is 50.6 Å². The molecule has 0 atom stereocenters. The quantitative estimate of drug-likeness (QED) is 0.246. The van der Waals surface area contributed by atoms with E-state index < -0.39 is 0 Å². The maximum Gasteiger partial charge on any atom is 0.246 e. The van der Waals surface area contributed by atoms with Gasteiger partial charge in [-0.05, 0) is 73.8 Å². The number of amides is 1. The van der Waals surface area contributed by atoms with E-state index in [4.69, 9.17) is 16.3 Å². The zero-order valence-electron chi connectivity index (χ0n) is 21.9. The van der Waals surface area contributed by atoms with Gasteiger partial charge in [0.25, 0.3) is 0 Å². The van der Waals surface area contributed by atoms with Gasteiger partial charge in [-0.3, -0.25) is 9.69 Å². The molecule has 0 radical (unpaired) electrons. The van der Waals surface area contributed by atoms with Gasteiger partial charge in [0.1, 0.15) is 35.1 Å². The average molecular weight is 578 g/mol. The standard InChI is InChI=1S/C30H29ClFN5O2S/c31-24-16-22(8-9-25(24)39-18-20-5-3-6-21(32)15-20)35-29-28-23-10-14-37(17-26(23)40-30(28)34-19-33-29)27(38)7-4-13-36-11-1-2-12-36/h3-9,15-16,19H,1-2,10-14,17-18H2,(H,33,34,35)/b7-4+. The van der Waals surface area contributed by atoms with E-state index in [1.807, 2.05) is 17.0 Å². The van der Waals surface area contributed by atoms with E-state index in [-0.39, 0.29) is 18.3 Å². The number of nitrogens with zero attached hydrogens (tertiary/aromatic N) is 4. The molecule has 10 heteroatoms. The third kappa shape index (κ3) is 5.96. The molecule has 1 fully saturated rings. The summed E-state index contributed by atoms with van der Waals surface area (Å²) < 4.78 is 19.3. The Labute approximate surface area is 241 Å². The molecular formula is C30H29ClFN5O2S. The highest BCUT2D eigenvalue weighted by atomic mass is 35.5. The molecule has 0 aliphatic carbocycles. The minimum atomic E-state index is -0.303. The highest BCUT2D eigenvalue weighted by Crippen LogP contribution is 2.39. The van der Waals surface area contributed by atoms with E-state index in [1.54, 1.807) is 48.0 Å². The molecule has 40 heavy (non-hydrogen) atoms. The number of hydrogen-bond acceptors (Lipinski definition) is 7. The Morgan fingerprint density at radius 2 is 2.02 bits per heavy atom. The van der Waals surface area contributed by atoms with Gasteiger partial charge in [-0.2, -0.15) is 0 Å². The topological polar surface area (TPSA) is 70.6 Å². The number of benzene rings is 2. The summed E-state index contributed by atoms with van der Waals surface area (Å²) in [6, 6.07) is 11.7. The summed E-state index contributed by atoms with van der Waals surface area (Å²) in [5.74, 6) is 0.970. The lowest BCUT2D eigenvalue weighted by molar-refractivity contribution is -0.126. The van der Waals surface area contributed by atoms with Crippen LogP contribution in [0.5, 0.6) is 5.75 Å². The number of halogens is 2. The Kier molecular flexibility index (Phi) is 7.95. The minimum absolute atomic E-state index is 0.0566. The maximum atomic E-state index is 13.5. The van der Waals surface area contributed by atoms with Crippen molar-refractivity contribution in [2.45, 2.75) is 32.4 Å². The Morgan fingerprint density at radius 1 is 1.15 bits per heavy atom. The number of ether oxygens (including phenoxy) is 1. The van der Waals surface area contributed by atoms with Gasteiger partial charge in [-0.25, -0.2) is 14.4 Å². The Hall–Kier alpha value is -3.53. The molecule has 6 rings (SSSR count). The molecule has 0 saturated carbocycles. The van der Waals surface area contributed by atoms with Crippen LogP contribution in [0.1, 0.15) is 28.8 Å². The average Bonchev–Trinajstić information content (AvgIpc) is 3.60. The Morgan fingerprint density at radius 3 is 2.85 bits per heavy atom. The normalized spacial score (nSPS) is 15.6. The van der Waals surface area contributed by atoms with Crippen molar-refractivity contribution in [1.29, 1.82) is 0 Å². The van der Waals surface area contributed by atoms with Crippen LogP contribution < -0.4 is 10.1 Å². The second kappa shape index (κ2) is 11.9. The molecule has 7 nitrogen and oxygen atoms in total. The SMILES string of the molecule is O=C(/C=C/CN1CCCC1)N1CCc2c(sc3ncnc(Nc4ccc(OCc5cccc(F)c5)c(Cl)c4)c23)C1. The third-order valence-corrected chi connectivity index (χ3v) is 8.67. The summed E-state index contributed by atoms with van der Waals surface area (Å²) in [6.45, 7) is 4.51. The van der Waals surface area contributed by atoms with Gasteiger partial charge in [0.15, 0.2) is 0 Å². The zero-order valence-corrected chi connectivity index (χ0v) is 23.5. The number of carbonyl (C=O) groups excluding carboxylic acids is 1. The van der Waals surface area contributed by atoms with Crippen LogP contribution in [0.15, 0.2) is 60.9 Å². The van der Waals surface area contributed by atoms with Crippen LogP contribution in [-0.4, -0.2) is 51.9 Å². The number of nitrogens with one attached hydrogen (secondary N) is 1. The summed E-state index contributed by atoms with van der Waals surface area (Å²) in [4.78, 5) is 28.2. The molecule has 2 aliphatic rings. The van der Waals surface area contributed by atoms with Crippen molar-refractivity contribution in [2.75, 3.05) is 31.5 Å². The lowest BCUT2D eigenvalue weighted by atomic mass is 10.0. The van der Waals surface area contributed by atoms with Crippen molar-refractivity contribution in [2.24, 2.45) is 0 Å². The van der Waals surface area contributed by atoms with E-state index in [0.29, 0.717) is 29.7 Å². The van der Waals surface area contributed by atoms with E-state index in [9.17, 15) is 9.18 Å². The first kappa shape index (κ1) is 26.7. The third-order valence-electron chi connectivity index (χ3n) is 7.25. The van der Waals surface area contributed by atoms with Crippen LogP contribution in [0.4, 0.5) is 15.9 Å². The van der Waals surface area contributed by atoms with Crippen molar-refractivity contribution < 1.29 is 13.9 Å². The minimum Gasteiger partial charge on any atom is -0.487 e. The first-order valence-corrected chi connectivity index (χ1v) is 14.6. The van der Waals surface area contributed by atoms with Crippen molar-refractivity contribution in [3.63, 3.8) is 0 Å². The highest BCUT2D eigenvalue weighted by molar-refractivity contribution is 7.19. The lowest BCUT2D eigenvalue weighted by Crippen LogP contribution is -2.34. The zero-order chi connectivity index (χ0) is 27.5. The molecule has 0 spiro atoms. The monoisotopic (exact) mass is 577 g/mol. The van der Waals surface area contributed by atoms with Gasteiger partial charge in [0, 0.05) is 29.7 Å². The van der Waals surface area contributed by atoms with E-state index >= 15 is 0 Å². The van der Waals surface area contributed by atoms with Crippen LogP contribution in [0.3, 0.4) is 0 Å². The number of thiophene rings is 1. The van der Waals surface area contributed by atoms with Gasteiger partial charge in [-0.1, -0.05) is 29.8 Å². The molecule has 1 N–H and O–H groups in total. The molecule has 4 aromatic rings. The van der Waals surface area contributed by atoms with Gasteiger partial charge >= 0.3 is 0 Å². The molecule has 0 unspecified atom stereocenters. The number of carbonyl (C=O) groups is 1. The lowest BCUT2D eigenvalue weighted by Gasteiger charge is -2.26. The van der Waals surface area contributed by atoms with Gasteiger partial charge in [0.2, 0.25) is 5.91 Å². The summed E-state index contributed by atoms with van der Waals surface area (Å²) in [5.41, 5.74) is 2.68. The molecule has 4 heterocycles. The Bertz CT molecular complexity index is 1570. The van der Waals surface area contributed by atoms with Crippen molar-refractivity contribution in [3.8, 4) is 5.75 Å². The number of hydrogen-bond donors (Lipinski definition) is 1. The van der Waals surface area contributed by atoms with Crippen LogP contribution in [0, 0.1) is 5.82 Å². The van der Waals surface area contributed by atoms with E-state index in [1.165, 1.54) is 30.5 Å². The second-order valence-corrected chi connectivity index (χ2v) is 11.5. The fourth-order valence-electron chi connectivity index (χ4n) is 5.20. The molecule has 2 aliphatic heterocycles. The number of rotatable bonds is 8. The molecular weight excluding hydrogens is 549 g/mol. The predicted molar refractivity (Wildman–Crippen MR) is 157 cm³/mol. The predicted octanol–water partition coefficient (Wildman–Crippen LogP) is 6.34. The maximum absolute atomic E-state index is 13.5. The summed E-state index contributed by atoms with van der Waals surface area (Å²) >= 11 is 8.12. The van der Waals surface area contributed by atoms with Crippen LogP contribution in [0.2, 0.25) is 5.02 Å². The molecule has 0 bridgehead atoms. The fourth-order valence-corrected chi connectivity index (χ4v) is 6.64. The molecule has 2 aromatic carbocycles. The first-order chi connectivity index (χ1) is 19.5. The number of likely N-dealkylation sites (tertiary alicyclic amines) is 1. The molecule has 1 amide bonds. The summed E-state index contributed by atoms with van der Waals surface area (Å²) in [7, 11) is 0. The summed E-state index contributed by atoms with van der Waals surface area (Å²) in [5, 5.41) is 4.81. The van der Waals surface area contributed by atoms with Crippen LogP contribution in [0.25, 0.3) is 10.2 Å². The summed E-state index contributed by atoms with van der Waals surface area (Å²) in [6.07, 6.45) is 8.49. The largest absolute Gasteiger partial charge is 0.487 e. The van der Waals surface area contributed by atoms with E-state index in [0.717, 1.165) is 52.4 Å². The molecule has 206 valence electrons. The van der Waals surface area contributed by atoms with Crippen LogP contribution in [-0.2, 0) is 24.4 Å². The van der Waals surface area contributed by atoms with Gasteiger partial charge in [-0.15, -0.1) is 11.3 Å². The second-order valence-electron chi connectivity index (χ2n) is 10.0. The smallest absolute Gasteiger partial charge is 0.246 e. The molecule has 1 saturated heterocycles. The van der Waals surface area contributed by atoms with E-state index in [2.05, 4.69) is 20.2 Å². The van der Waals surface area contributed by atoms with Crippen LogP contribution >= 0.6 is 22.9 Å². The Balaban J connectivity index is 1.14. The highest BCUT2D eigenvalue weighted by Gasteiger charge is 2.25. The first-order valence-electron chi connectivity index (χ1n) is 13.4. The number of anilines is 2. The fraction of sp³-hybridized carbons (Fsp3) is 0.300.